The van der Waals surface area contributed by atoms with Crippen molar-refractivity contribution in [3.63, 3.8) is 0 Å². The van der Waals surface area contributed by atoms with Gasteiger partial charge in [0.1, 0.15) is 4.21 Å². The third-order valence-electron chi connectivity index (χ3n) is 3.97. The molecule has 4 nitrogen and oxygen atoms in total. The second-order valence-electron chi connectivity index (χ2n) is 5.72. The summed E-state index contributed by atoms with van der Waals surface area (Å²) in [6.07, 6.45) is 1.65. The third-order valence-corrected chi connectivity index (χ3v) is 7.22. The maximum atomic E-state index is 12.3. The summed E-state index contributed by atoms with van der Waals surface area (Å²) >= 11 is 6.92. The van der Waals surface area contributed by atoms with Crippen LogP contribution in [0.1, 0.15) is 18.4 Å². The van der Waals surface area contributed by atoms with Gasteiger partial charge in [0.2, 0.25) is 10.0 Å². The predicted octanol–water partition coefficient (Wildman–Crippen LogP) is 3.34. The first-order valence-electron chi connectivity index (χ1n) is 7.57. The number of nitrogens with one attached hydrogen (secondary N) is 1. The van der Waals surface area contributed by atoms with Crippen molar-refractivity contribution in [3.8, 4) is 0 Å². The summed E-state index contributed by atoms with van der Waals surface area (Å²) in [7, 11) is -3.45. The fraction of sp³-hybridized carbons (Fsp3) is 0.375. The van der Waals surface area contributed by atoms with Crippen LogP contribution in [0.2, 0.25) is 4.34 Å². The first kappa shape index (κ1) is 16.9. The lowest BCUT2D eigenvalue weighted by atomic mass is 10.1. The lowest BCUT2D eigenvalue weighted by molar-refractivity contribution is 0.200. The van der Waals surface area contributed by atoms with Gasteiger partial charge in [-0.15, -0.1) is 11.3 Å². The van der Waals surface area contributed by atoms with E-state index in [0.29, 0.717) is 4.34 Å². The van der Waals surface area contributed by atoms with Gasteiger partial charge in [-0.3, -0.25) is 4.90 Å². The number of halogens is 1. The molecule has 1 aromatic carbocycles. The first-order chi connectivity index (χ1) is 11.0. The maximum Gasteiger partial charge on any atom is 0.250 e. The van der Waals surface area contributed by atoms with Crippen molar-refractivity contribution in [2.24, 2.45) is 0 Å². The van der Waals surface area contributed by atoms with E-state index < -0.39 is 10.0 Å². The number of benzene rings is 1. The number of likely N-dealkylation sites (tertiary alicyclic amines) is 1. The lowest BCUT2D eigenvalue weighted by Gasteiger charge is -2.32. The highest BCUT2D eigenvalue weighted by molar-refractivity contribution is 7.91. The number of hydrogen-bond acceptors (Lipinski definition) is 4. The summed E-state index contributed by atoms with van der Waals surface area (Å²) in [5, 5.41) is 0. The molecule has 0 aliphatic carbocycles. The highest BCUT2D eigenvalue weighted by atomic mass is 35.5. The van der Waals surface area contributed by atoms with E-state index in [-0.39, 0.29) is 10.3 Å². The Bertz CT molecular complexity index is 738. The van der Waals surface area contributed by atoms with Gasteiger partial charge in [-0.25, -0.2) is 13.1 Å². The van der Waals surface area contributed by atoms with E-state index in [0.717, 1.165) is 43.8 Å². The van der Waals surface area contributed by atoms with E-state index in [1.54, 1.807) is 12.1 Å². The van der Waals surface area contributed by atoms with Crippen LogP contribution in [-0.4, -0.2) is 32.4 Å². The Hall–Kier alpha value is -0.920. The topological polar surface area (TPSA) is 49.4 Å². The minimum Gasteiger partial charge on any atom is -0.299 e. The maximum absolute atomic E-state index is 12.3. The highest BCUT2D eigenvalue weighted by Gasteiger charge is 2.25. The molecule has 0 bridgehead atoms. The quantitative estimate of drug-likeness (QED) is 0.878. The van der Waals surface area contributed by atoms with Crippen molar-refractivity contribution in [3.05, 3.63) is 52.4 Å². The molecule has 0 spiro atoms. The zero-order valence-corrected chi connectivity index (χ0v) is 15.0. The minimum atomic E-state index is -3.45. The Labute approximate surface area is 146 Å². The SMILES string of the molecule is O=S(=O)(NC1CCN(Cc2ccccc2)CC1)c1ccc(Cl)s1. The number of sulfonamides is 1. The van der Waals surface area contributed by atoms with Gasteiger partial charge in [0.25, 0.3) is 0 Å². The second-order valence-corrected chi connectivity index (χ2v) is 9.37. The van der Waals surface area contributed by atoms with Crippen molar-refractivity contribution in [1.82, 2.24) is 9.62 Å². The molecule has 1 fully saturated rings. The van der Waals surface area contributed by atoms with Crippen LogP contribution in [-0.2, 0) is 16.6 Å². The van der Waals surface area contributed by atoms with Crippen LogP contribution in [0, 0.1) is 0 Å². The fourth-order valence-corrected chi connectivity index (χ4v) is 5.57. The smallest absolute Gasteiger partial charge is 0.250 e. The molecule has 1 aliphatic heterocycles. The highest BCUT2D eigenvalue weighted by Crippen LogP contribution is 2.26. The fourth-order valence-electron chi connectivity index (χ4n) is 2.77. The summed E-state index contributed by atoms with van der Waals surface area (Å²) in [6.45, 7) is 2.71. The molecule has 0 atom stereocenters. The standard InChI is InChI=1S/C16H19ClN2O2S2/c17-15-6-7-16(22-15)23(20,21)18-14-8-10-19(11-9-14)12-13-4-2-1-3-5-13/h1-7,14,18H,8-12H2. The molecule has 23 heavy (non-hydrogen) atoms. The summed E-state index contributed by atoms with van der Waals surface area (Å²) in [4.78, 5) is 2.36. The molecule has 0 unspecified atom stereocenters. The van der Waals surface area contributed by atoms with E-state index >= 15 is 0 Å². The van der Waals surface area contributed by atoms with Crippen LogP contribution in [0.3, 0.4) is 0 Å². The van der Waals surface area contributed by atoms with Crippen molar-refractivity contribution in [2.75, 3.05) is 13.1 Å². The van der Waals surface area contributed by atoms with E-state index in [4.69, 9.17) is 11.6 Å². The van der Waals surface area contributed by atoms with Gasteiger partial charge in [-0.2, -0.15) is 0 Å². The Morgan fingerprint density at radius 3 is 2.43 bits per heavy atom. The second kappa shape index (κ2) is 7.32. The number of piperidine rings is 1. The Balaban J connectivity index is 1.53. The van der Waals surface area contributed by atoms with Crippen LogP contribution < -0.4 is 4.72 Å². The molecule has 2 aromatic rings. The predicted molar refractivity (Wildman–Crippen MR) is 94.4 cm³/mol. The van der Waals surface area contributed by atoms with Crippen molar-refractivity contribution >= 4 is 33.0 Å². The van der Waals surface area contributed by atoms with E-state index in [1.807, 2.05) is 18.2 Å². The average Bonchev–Trinajstić information content (AvgIpc) is 2.98. The summed E-state index contributed by atoms with van der Waals surface area (Å²) in [5.74, 6) is 0. The van der Waals surface area contributed by atoms with Gasteiger partial charge in [0, 0.05) is 25.7 Å². The van der Waals surface area contributed by atoms with E-state index in [2.05, 4.69) is 21.8 Å². The minimum absolute atomic E-state index is 0.00658. The van der Waals surface area contributed by atoms with Gasteiger partial charge in [0.15, 0.2) is 0 Å². The number of rotatable bonds is 5. The van der Waals surface area contributed by atoms with Gasteiger partial charge in [-0.1, -0.05) is 41.9 Å². The zero-order valence-electron chi connectivity index (χ0n) is 12.6. The van der Waals surface area contributed by atoms with Crippen molar-refractivity contribution < 1.29 is 8.42 Å². The Morgan fingerprint density at radius 2 is 1.83 bits per heavy atom. The molecule has 3 rings (SSSR count). The summed E-state index contributed by atoms with van der Waals surface area (Å²) in [6, 6.07) is 13.5. The van der Waals surface area contributed by atoms with Crippen LogP contribution in [0.25, 0.3) is 0 Å². The average molecular weight is 371 g/mol. The number of hydrogen-bond donors (Lipinski definition) is 1. The monoisotopic (exact) mass is 370 g/mol. The lowest BCUT2D eigenvalue weighted by Crippen LogP contribution is -2.44. The van der Waals surface area contributed by atoms with Gasteiger partial charge in [-0.05, 0) is 30.5 Å². The van der Waals surface area contributed by atoms with Gasteiger partial charge in [0.05, 0.1) is 4.34 Å². The largest absolute Gasteiger partial charge is 0.299 e. The molecule has 1 aliphatic rings. The van der Waals surface area contributed by atoms with Crippen molar-refractivity contribution in [2.45, 2.75) is 29.6 Å². The molecule has 0 amide bonds. The summed E-state index contributed by atoms with van der Waals surface area (Å²) < 4.78 is 28.2. The van der Waals surface area contributed by atoms with Crippen LogP contribution in [0.4, 0.5) is 0 Å². The Kier molecular flexibility index (Phi) is 5.38. The van der Waals surface area contributed by atoms with Crippen LogP contribution in [0.5, 0.6) is 0 Å². The summed E-state index contributed by atoms with van der Waals surface area (Å²) in [5.41, 5.74) is 1.29. The van der Waals surface area contributed by atoms with Crippen LogP contribution in [0.15, 0.2) is 46.7 Å². The molecular weight excluding hydrogens is 352 g/mol. The van der Waals surface area contributed by atoms with E-state index in [1.165, 1.54) is 5.56 Å². The molecule has 0 radical (unpaired) electrons. The Morgan fingerprint density at radius 1 is 1.13 bits per heavy atom. The van der Waals surface area contributed by atoms with Crippen molar-refractivity contribution in [1.29, 1.82) is 0 Å². The number of nitrogens with zero attached hydrogens (tertiary/aromatic N) is 1. The first-order valence-corrected chi connectivity index (χ1v) is 10.2. The van der Waals surface area contributed by atoms with Gasteiger partial charge >= 0.3 is 0 Å². The number of thiophene rings is 1. The zero-order chi connectivity index (χ0) is 16.3. The third kappa shape index (κ3) is 4.55. The normalized spacial score (nSPS) is 17.4. The van der Waals surface area contributed by atoms with Gasteiger partial charge < -0.3 is 0 Å². The molecular formula is C16H19ClN2O2S2. The molecule has 0 saturated carbocycles. The van der Waals surface area contributed by atoms with E-state index in [9.17, 15) is 8.42 Å². The molecule has 7 heteroatoms. The molecule has 2 heterocycles. The molecule has 1 aromatic heterocycles. The molecule has 1 saturated heterocycles. The molecule has 124 valence electrons. The molecule has 1 N–H and O–H groups in total. The van der Waals surface area contributed by atoms with Crippen LogP contribution >= 0.6 is 22.9 Å².